The van der Waals surface area contributed by atoms with Gasteiger partial charge in [0.25, 0.3) is 0 Å². The molecule has 1 aliphatic carbocycles. The van der Waals surface area contributed by atoms with Crippen LogP contribution >= 0.6 is 0 Å². The molecule has 0 bridgehead atoms. The van der Waals surface area contributed by atoms with Crippen molar-refractivity contribution in [1.29, 1.82) is 0 Å². The fraction of sp³-hybridized carbons (Fsp3) is 0.526. The number of H-pyrrole nitrogens is 1. The van der Waals surface area contributed by atoms with Gasteiger partial charge in [0.2, 0.25) is 5.91 Å². The molecule has 0 radical (unpaired) electrons. The summed E-state index contributed by atoms with van der Waals surface area (Å²) in [5, 5.41) is 0.947. The number of halogens is 1. The number of nitrogens with zero attached hydrogens (tertiary/aromatic N) is 1. The Kier molecular flexibility index (Phi) is 3.24. The van der Waals surface area contributed by atoms with E-state index in [-0.39, 0.29) is 11.7 Å². The predicted octanol–water partition coefficient (Wildman–Crippen LogP) is 2.70. The maximum Gasteiger partial charge on any atom is 0.233 e. The molecular formula is C19H21FN2O3. The molecule has 1 saturated carbocycles. The highest BCUT2D eigenvalue weighted by molar-refractivity contribution is 5.97. The lowest BCUT2D eigenvalue weighted by molar-refractivity contribution is -0.188. The number of hydrogen-bond donors (Lipinski definition) is 1. The summed E-state index contributed by atoms with van der Waals surface area (Å²) in [5.41, 5.74) is 1.30. The second-order valence-corrected chi connectivity index (χ2v) is 7.37. The third-order valence-corrected chi connectivity index (χ3v) is 5.94. The van der Waals surface area contributed by atoms with Crippen LogP contribution in [-0.4, -0.2) is 47.9 Å². The average molecular weight is 344 g/mol. The smallest absolute Gasteiger partial charge is 0.233 e. The van der Waals surface area contributed by atoms with E-state index in [1.807, 2.05) is 11.1 Å². The zero-order valence-electron chi connectivity index (χ0n) is 14.0. The number of amides is 1. The summed E-state index contributed by atoms with van der Waals surface area (Å²) in [5.74, 6) is -0.549. The summed E-state index contributed by atoms with van der Waals surface area (Å²) >= 11 is 0. The standard InChI is InChI=1S/C19H21FN2O3/c20-13-1-2-14-15(12-21-16(14)11-13)18(3-4-18)17(23)22-7-5-19(6-8-22)24-9-10-25-19/h1-2,11-12,21H,3-10H2. The van der Waals surface area contributed by atoms with Crippen molar-refractivity contribution in [3.63, 3.8) is 0 Å². The zero-order chi connectivity index (χ0) is 17.1. The molecule has 0 atom stereocenters. The minimum absolute atomic E-state index is 0.186. The molecule has 0 unspecified atom stereocenters. The Morgan fingerprint density at radius 2 is 1.84 bits per heavy atom. The highest BCUT2D eigenvalue weighted by Gasteiger charge is 2.55. The highest BCUT2D eigenvalue weighted by atomic mass is 19.1. The molecule has 1 amide bonds. The maximum atomic E-state index is 13.4. The molecule has 2 saturated heterocycles. The van der Waals surface area contributed by atoms with Gasteiger partial charge in [-0.1, -0.05) is 0 Å². The lowest BCUT2D eigenvalue weighted by Crippen LogP contribution is -2.50. The van der Waals surface area contributed by atoms with Gasteiger partial charge in [-0.05, 0) is 36.6 Å². The molecule has 3 heterocycles. The van der Waals surface area contributed by atoms with E-state index in [4.69, 9.17) is 9.47 Å². The Bertz CT molecular complexity index is 826. The van der Waals surface area contributed by atoms with Gasteiger partial charge < -0.3 is 19.4 Å². The van der Waals surface area contributed by atoms with Gasteiger partial charge >= 0.3 is 0 Å². The summed E-state index contributed by atoms with van der Waals surface area (Å²) in [7, 11) is 0. The topological polar surface area (TPSA) is 54.6 Å². The third-order valence-electron chi connectivity index (χ3n) is 5.94. The van der Waals surface area contributed by atoms with Crippen molar-refractivity contribution in [3.8, 4) is 0 Å². The van der Waals surface area contributed by atoms with Gasteiger partial charge in [0.05, 0.1) is 18.6 Å². The number of fused-ring (bicyclic) bond motifs is 1. The van der Waals surface area contributed by atoms with Crippen LogP contribution in [0.15, 0.2) is 24.4 Å². The van der Waals surface area contributed by atoms with E-state index >= 15 is 0 Å². The lowest BCUT2D eigenvalue weighted by atomic mass is 9.92. The van der Waals surface area contributed by atoms with Crippen LogP contribution < -0.4 is 0 Å². The van der Waals surface area contributed by atoms with Gasteiger partial charge in [-0.25, -0.2) is 4.39 Å². The molecule has 5 rings (SSSR count). The average Bonchev–Trinajstić information content (AvgIpc) is 3.12. The SMILES string of the molecule is O=C(N1CCC2(CC1)OCCO2)C1(c2c[nH]c3cc(F)ccc23)CC1. The van der Waals surface area contributed by atoms with Crippen LogP contribution in [0.3, 0.4) is 0 Å². The van der Waals surface area contributed by atoms with Crippen molar-refractivity contribution in [2.45, 2.75) is 36.9 Å². The molecule has 3 aliphatic rings. The Morgan fingerprint density at radius 3 is 2.52 bits per heavy atom. The molecule has 2 aromatic rings. The monoisotopic (exact) mass is 344 g/mol. The first kappa shape index (κ1) is 15.3. The van der Waals surface area contributed by atoms with Crippen LogP contribution in [0.2, 0.25) is 0 Å². The summed E-state index contributed by atoms with van der Waals surface area (Å²) in [6, 6.07) is 4.72. The van der Waals surface area contributed by atoms with Crippen molar-refractivity contribution in [2.75, 3.05) is 26.3 Å². The van der Waals surface area contributed by atoms with E-state index in [2.05, 4.69) is 4.98 Å². The largest absolute Gasteiger partial charge is 0.361 e. The fourth-order valence-electron chi connectivity index (χ4n) is 4.36. The molecule has 25 heavy (non-hydrogen) atoms. The molecule has 2 aliphatic heterocycles. The predicted molar refractivity (Wildman–Crippen MR) is 89.6 cm³/mol. The van der Waals surface area contributed by atoms with Crippen LogP contribution in [-0.2, 0) is 19.7 Å². The summed E-state index contributed by atoms with van der Waals surface area (Å²) in [6.07, 6.45) is 5.04. The zero-order valence-corrected chi connectivity index (χ0v) is 14.0. The number of likely N-dealkylation sites (tertiary alicyclic amines) is 1. The molecule has 1 aromatic carbocycles. The van der Waals surface area contributed by atoms with Crippen LogP contribution in [0.25, 0.3) is 10.9 Å². The molecule has 1 N–H and O–H groups in total. The molecule has 3 fully saturated rings. The van der Waals surface area contributed by atoms with Crippen LogP contribution in [0.5, 0.6) is 0 Å². The van der Waals surface area contributed by atoms with Crippen LogP contribution in [0.4, 0.5) is 4.39 Å². The van der Waals surface area contributed by atoms with Gasteiger partial charge in [-0.15, -0.1) is 0 Å². The van der Waals surface area contributed by atoms with Crippen molar-refractivity contribution in [3.05, 3.63) is 35.8 Å². The first-order valence-corrected chi connectivity index (χ1v) is 8.96. The second kappa shape index (κ2) is 5.29. The first-order valence-electron chi connectivity index (χ1n) is 8.96. The van der Waals surface area contributed by atoms with Crippen LogP contribution in [0, 0.1) is 5.82 Å². The van der Waals surface area contributed by atoms with Gasteiger partial charge in [-0.2, -0.15) is 0 Å². The van der Waals surface area contributed by atoms with Crippen molar-refractivity contribution >= 4 is 16.8 Å². The van der Waals surface area contributed by atoms with E-state index in [0.717, 1.165) is 42.1 Å². The second-order valence-electron chi connectivity index (χ2n) is 7.37. The van der Waals surface area contributed by atoms with E-state index in [9.17, 15) is 9.18 Å². The number of aromatic amines is 1. The van der Waals surface area contributed by atoms with E-state index in [1.54, 1.807) is 6.07 Å². The normalized spacial score (nSPS) is 24.1. The highest BCUT2D eigenvalue weighted by Crippen LogP contribution is 2.52. The number of ether oxygens (including phenoxy) is 2. The maximum absolute atomic E-state index is 13.4. The number of carbonyl (C=O) groups is 1. The Labute approximate surface area is 145 Å². The Hall–Kier alpha value is -1.92. The summed E-state index contributed by atoms with van der Waals surface area (Å²) in [6.45, 7) is 2.61. The lowest BCUT2D eigenvalue weighted by Gasteiger charge is -2.39. The van der Waals surface area contributed by atoms with Gasteiger partial charge in [0.1, 0.15) is 5.82 Å². The quantitative estimate of drug-likeness (QED) is 0.911. The van der Waals surface area contributed by atoms with Gasteiger partial charge in [0.15, 0.2) is 5.79 Å². The van der Waals surface area contributed by atoms with Crippen molar-refractivity contribution < 1.29 is 18.7 Å². The fourth-order valence-corrected chi connectivity index (χ4v) is 4.36. The van der Waals surface area contributed by atoms with Crippen LogP contribution in [0.1, 0.15) is 31.2 Å². The number of piperidine rings is 1. The van der Waals surface area contributed by atoms with E-state index in [0.29, 0.717) is 26.3 Å². The minimum atomic E-state index is -0.466. The third kappa shape index (κ3) is 2.31. The Morgan fingerprint density at radius 1 is 1.12 bits per heavy atom. The summed E-state index contributed by atoms with van der Waals surface area (Å²) < 4.78 is 24.9. The van der Waals surface area contributed by atoms with Gasteiger partial charge in [0, 0.05) is 43.0 Å². The van der Waals surface area contributed by atoms with Crippen molar-refractivity contribution in [1.82, 2.24) is 9.88 Å². The van der Waals surface area contributed by atoms with E-state index < -0.39 is 11.2 Å². The molecule has 1 aromatic heterocycles. The summed E-state index contributed by atoms with van der Waals surface area (Å²) in [4.78, 5) is 18.3. The number of carbonyl (C=O) groups excluding carboxylic acids is 1. The minimum Gasteiger partial charge on any atom is -0.361 e. The Balaban J connectivity index is 1.39. The first-order chi connectivity index (χ1) is 12.1. The number of aromatic nitrogens is 1. The number of rotatable bonds is 2. The molecule has 6 heteroatoms. The van der Waals surface area contributed by atoms with E-state index in [1.165, 1.54) is 12.1 Å². The number of benzene rings is 1. The molecule has 1 spiro atoms. The van der Waals surface area contributed by atoms with Crippen molar-refractivity contribution in [2.24, 2.45) is 0 Å². The molecular weight excluding hydrogens is 323 g/mol. The number of hydrogen-bond acceptors (Lipinski definition) is 3. The molecule has 5 nitrogen and oxygen atoms in total. The molecule has 132 valence electrons. The number of nitrogens with one attached hydrogen (secondary N) is 1. The van der Waals surface area contributed by atoms with Gasteiger partial charge in [-0.3, -0.25) is 4.79 Å².